The van der Waals surface area contributed by atoms with E-state index in [0.717, 1.165) is 24.1 Å². The molecule has 3 nitrogen and oxygen atoms in total. The van der Waals surface area contributed by atoms with Crippen LogP contribution in [0.2, 0.25) is 0 Å². The predicted molar refractivity (Wildman–Crippen MR) is 48.7 cm³/mol. The van der Waals surface area contributed by atoms with Crippen molar-refractivity contribution in [3.63, 3.8) is 0 Å². The van der Waals surface area contributed by atoms with Crippen molar-refractivity contribution in [2.75, 3.05) is 0 Å². The first kappa shape index (κ1) is 8.83. The van der Waals surface area contributed by atoms with Gasteiger partial charge < -0.3 is 0 Å². The van der Waals surface area contributed by atoms with Gasteiger partial charge in [0.1, 0.15) is 10.1 Å². The van der Waals surface area contributed by atoms with Gasteiger partial charge in [0.05, 0.1) is 5.69 Å². The van der Waals surface area contributed by atoms with E-state index < -0.39 is 0 Å². The van der Waals surface area contributed by atoms with E-state index in [9.17, 15) is 0 Å². The van der Waals surface area contributed by atoms with Gasteiger partial charge >= 0.3 is 0 Å². The van der Waals surface area contributed by atoms with E-state index in [1.807, 2.05) is 6.92 Å². The summed E-state index contributed by atoms with van der Waals surface area (Å²) < 4.78 is 0. The Morgan fingerprint density at radius 3 is 3.00 bits per heavy atom. The molecular weight excluding hydrogens is 178 g/mol. The highest BCUT2D eigenvalue weighted by Gasteiger charge is 2.01. The van der Waals surface area contributed by atoms with Gasteiger partial charge in [0.25, 0.3) is 0 Å². The Hall–Kier alpha value is -0.260. The van der Waals surface area contributed by atoms with Crippen LogP contribution in [0.3, 0.4) is 0 Å². The number of hydrogen-bond donors (Lipinski definition) is 2. The molecule has 5 heteroatoms. The second kappa shape index (κ2) is 3.94. The molecule has 2 N–H and O–H groups in total. The molecule has 0 saturated carbocycles. The first-order valence-corrected chi connectivity index (χ1v) is 4.52. The van der Waals surface area contributed by atoms with Crippen LogP contribution in [0.25, 0.3) is 0 Å². The number of aromatic nitrogens is 2. The highest BCUT2D eigenvalue weighted by Crippen LogP contribution is 2.16. The lowest BCUT2D eigenvalue weighted by molar-refractivity contribution is 0.856. The largest absolute Gasteiger partial charge is 0.272 e. The standard InChI is InChI=1S/C6H9N3S2/c1-2-4-3-8-5(10)6(9-4)11-7/h3H,2,7H2,1H3,(H,8,10). The zero-order valence-electron chi connectivity index (χ0n) is 6.11. The molecule has 11 heavy (non-hydrogen) atoms. The first-order chi connectivity index (χ1) is 5.27. The van der Waals surface area contributed by atoms with Gasteiger partial charge in [0, 0.05) is 6.20 Å². The highest BCUT2D eigenvalue weighted by atomic mass is 32.2. The van der Waals surface area contributed by atoms with Crippen LogP contribution in [-0.4, -0.2) is 9.97 Å². The van der Waals surface area contributed by atoms with Crippen molar-refractivity contribution in [1.29, 1.82) is 0 Å². The van der Waals surface area contributed by atoms with Crippen LogP contribution in [-0.2, 0) is 6.42 Å². The molecule has 0 fully saturated rings. The lowest BCUT2D eigenvalue weighted by atomic mass is 10.4. The molecule has 0 saturated heterocycles. The molecular formula is C6H9N3S2. The second-order valence-electron chi connectivity index (χ2n) is 1.96. The Bertz CT molecular complexity index is 252. The molecule has 0 amide bonds. The molecule has 0 spiro atoms. The van der Waals surface area contributed by atoms with Gasteiger partial charge in [0.2, 0.25) is 0 Å². The zero-order valence-corrected chi connectivity index (χ0v) is 7.82. The van der Waals surface area contributed by atoms with Gasteiger partial charge in [-0.2, -0.15) is 0 Å². The fraction of sp³-hybridized carbons (Fsp3) is 0.333. The third-order valence-corrected chi connectivity index (χ3v) is 2.23. The summed E-state index contributed by atoms with van der Waals surface area (Å²) in [6.45, 7) is 2.02. The van der Waals surface area contributed by atoms with Crippen molar-refractivity contribution < 1.29 is 0 Å². The molecule has 0 bridgehead atoms. The predicted octanol–water partition coefficient (Wildman–Crippen LogP) is 1.29. The number of rotatable bonds is 2. The van der Waals surface area contributed by atoms with Crippen LogP contribution in [0.1, 0.15) is 12.6 Å². The number of nitrogens with two attached hydrogens (primary N) is 1. The summed E-state index contributed by atoms with van der Waals surface area (Å²) in [5.41, 5.74) is 0.941. The Balaban J connectivity index is 3.02. The number of hydrogen-bond acceptors (Lipinski definition) is 5. The zero-order chi connectivity index (χ0) is 8.27. The molecule has 1 rings (SSSR count). The molecule has 1 aromatic heterocycles. The van der Waals surface area contributed by atoms with Crippen LogP contribution in [0.4, 0.5) is 0 Å². The van der Waals surface area contributed by atoms with E-state index in [4.69, 9.17) is 5.14 Å². The molecule has 0 aliphatic carbocycles. The van der Waals surface area contributed by atoms with Gasteiger partial charge in [-0.25, -0.2) is 9.97 Å². The maximum Gasteiger partial charge on any atom is 0.143 e. The molecule has 0 aliphatic heterocycles. The molecule has 60 valence electrons. The molecule has 1 aromatic rings. The third-order valence-electron chi connectivity index (χ3n) is 1.25. The topological polar surface area (TPSA) is 51.8 Å². The average Bonchev–Trinajstić information content (AvgIpc) is 2.05. The quantitative estimate of drug-likeness (QED) is 0.541. The van der Waals surface area contributed by atoms with Crippen molar-refractivity contribution >= 4 is 24.6 Å². The molecule has 0 unspecified atom stereocenters. The van der Waals surface area contributed by atoms with Crippen molar-refractivity contribution in [2.45, 2.75) is 23.4 Å². The van der Waals surface area contributed by atoms with E-state index in [-0.39, 0.29) is 0 Å². The van der Waals surface area contributed by atoms with Crippen molar-refractivity contribution in [2.24, 2.45) is 5.14 Å². The van der Waals surface area contributed by atoms with Gasteiger partial charge in [-0.05, 0) is 18.4 Å². The van der Waals surface area contributed by atoms with Crippen molar-refractivity contribution in [3.8, 4) is 0 Å². The maximum atomic E-state index is 5.34. The maximum absolute atomic E-state index is 5.34. The van der Waals surface area contributed by atoms with Crippen LogP contribution in [0, 0.1) is 0 Å². The number of thiol groups is 1. The smallest absolute Gasteiger partial charge is 0.143 e. The minimum atomic E-state index is 0.592. The molecule has 0 radical (unpaired) electrons. The third kappa shape index (κ3) is 2.08. The fourth-order valence-corrected chi connectivity index (χ4v) is 1.24. The summed E-state index contributed by atoms with van der Waals surface area (Å²) >= 11 is 5.16. The summed E-state index contributed by atoms with van der Waals surface area (Å²) in [5, 5.41) is 6.62. The monoisotopic (exact) mass is 187 g/mol. The minimum Gasteiger partial charge on any atom is -0.272 e. The van der Waals surface area contributed by atoms with Crippen molar-refractivity contribution in [3.05, 3.63) is 11.9 Å². The van der Waals surface area contributed by atoms with E-state index >= 15 is 0 Å². The molecule has 0 atom stereocenters. The van der Waals surface area contributed by atoms with Gasteiger partial charge in [-0.1, -0.05) is 6.92 Å². The first-order valence-electron chi connectivity index (χ1n) is 3.19. The minimum absolute atomic E-state index is 0.592. The lowest BCUT2D eigenvalue weighted by Crippen LogP contribution is -1.95. The SMILES string of the molecule is CCc1cnc(S)c(SN)n1. The Kier molecular flexibility index (Phi) is 3.16. The Morgan fingerprint density at radius 1 is 1.73 bits per heavy atom. The highest BCUT2D eigenvalue weighted by molar-refractivity contribution is 7.97. The van der Waals surface area contributed by atoms with E-state index in [0.29, 0.717) is 10.1 Å². The Morgan fingerprint density at radius 2 is 2.45 bits per heavy atom. The van der Waals surface area contributed by atoms with Crippen LogP contribution >= 0.6 is 24.6 Å². The lowest BCUT2D eigenvalue weighted by Gasteiger charge is -2.00. The van der Waals surface area contributed by atoms with Crippen LogP contribution in [0.5, 0.6) is 0 Å². The Labute approximate surface area is 75.4 Å². The normalized spacial score (nSPS) is 10.1. The second-order valence-corrected chi connectivity index (χ2v) is 3.01. The summed E-state index contributed by atoms with van der Waals surface area (Å²) in [5.74, 6) is 0. The molecule has 1 heterocycles. The summed E-state index contributed by atoms with van der Waals surface area (Å²) in [4.78, 5) is 8.23. The van der Waals surface area contributed by atoms with E-state index in [2.05, 4.69) is 22.6 Å². The van der Waals surface area contributed by atoms with Crippen LogP contribution in [0.15, 0.2) is 16.2 Å². The van der Waals surface area contributed by atoms with Gasteiger partial charge in [0.15, 0.2) is 0 Å². The average molecular weight is 187 g/mol. The fourth-order valence-electron chi connectivity index (χ4n) is 0.650. The number of aryl methyl sites for hydroxylation is 1. The number of nitrogens with zero attached hydrogens (tertiary/aromatic N) is 2. The summed E-state index contributed by atoms with van der Waals surface area (Å²) in [6, 6.07) is 0. The molecule has 0 aliphatic rings. The van der Waals surface area contributed by atoms with E-state index in [1.54, 1.807) is 6.20 Å². The summed E-state index contributed by atoms with van der Waals surface area (Å²) in [6.07, 6.45) is 2.58. The van der Waals surface area contributed by atoms with Gasteiger partial charge in [-0.3, -0.25) is 5.14 Å². The van der Waals surface area contributed by atoms with Crippen LogP contribution < -0.4 is 5.14 Å². The van der Waals surface area contributed by atoms with Crippen molar-refractivity contribution in [1.82, 2.24) is 9.97 Å². The molecule has 0 aromatic carbocycles. The summed E-state index contributed by atoms with van der Waals surface area (Å²) in [7, 11) is 0. The van der Waals surface area contributed by atoms with Gasteiger partial charge in [-0.15, -0.1) is 12.6 Å². The van der Waals surface area contributed by atoms with E-state index in [1.165, 1.54) is 0 Å².